The van der Waals surface area contributed by atoms with Gasteiger partial charge in [-0.3, -0.25) is 4.79 Å². The Balaban J connectivity index is 2.18. The third kappa shape index (κ3) is 5.78. The molecule has 0 atom stereocenters. The summed E-state index contributed by atoms with van der Waals surface area (Å²) in [6.07, 6.45) is -3.42. The number of rotatable bonds is 6. The molecule has 1 rings (SSSR count). The summed E-state index contributed by atoms with van der Waals surface area (Å²) in [6.45, 7) is 1.61. The molecule has 3 N–H and O–H groups in total. The number of hydrogen-bond acceptors (Lipinski definition) is 3. The summed E-state index contributed by atoms with van der Waals surface area (Å²) >= 11 is 0. The van der Waals surface area contributed by atoms with E-state index < -0.39 is 12.1 Å². The molecular formula is C12H21F3N2O2. The van der Waals surface area contributed by atoms with Crippen molar-refractivity contribution in [1.29, 1.82) is 0 Å². The van der Waals surface area contributed by atoms with Gasteiger partial charge in [-0.25, -0.2) is 0 Å². The van der Waals surface area contributed by atoms with Crippen LogP contribution in [0.1, 0.15) is 25.7 Å². The number of hydrogen-bond donors (Lipinski definition) is 2. The maximum absolute atomic E-state index is 12.5. The largest absolute Gasteiger partial charge is 0.391 e. The molecule has 19 heavy (non-hydrogen) atoms. The number of halogens is 3. The number of nitrogens with one attached hydrogen (secondary N) is 1. The zero-order valence-electron chi connectivity index (χ0n) is 10.8. The van der Waals surface area contributed by atoms with Gasteiger partial charge in [0, 0.05) is 19.0 Å². The van der Waals surface area contributed by atoms with Crippen LogP contribution in [-0.2, 0) is 9.53 Å². The van der Waals surface area contributed by atoms with E-state index in [-0.39, 0.29) is 24.7 Å². The highest BCUT2D eigenvalue weighted by Crippen LogP contribution is 2.39. The van der Waals surface area contributed by atoms with Crippen LogP contribution in [0.15, 0.2) is 0 Å². The van der Waals surface area contributed by atoms with Crippen LogP contribution >= 0.6 is 0 Å². The van der Waals surface area contributed by atoms with Crippen LogP contribution in [-0.4, -0.2) is 38.4 Å². The van der Waals surface area contributed by atoms with Crippen LogP contribution in [0.3, 0.4) is 0 Å². The number of carbonyl (C=O) groups is 1. The van der Waals surface area contributed by atoms with Crippen LogP contribution in [0.4, 0.5) is 13.2 Å². The van der Waals surface area contributed by atoms with Gasteiger partial charge < -0.3 is 15.8 Å². The molecule has 1 aliphatic rings. The van der Waals surface area contributed by atoms with E-state index in [9.17, 15) is 18.0 Å². The molecule has 7 heteroatoms. The molecule has 0 bridgehead atoms. The summed E-state index contributed by atoms with van der Waals surface area (Å²) in [7, 11) is 0. The minimum absolute atomic E-state index is 0.0469. The molecule has 0 aromatic carbocycles. The van der Waals surface area contributed by atoms with Gasteiger partial charge in [0.25, 0.3) is 0 Å². The fourth-order valence-electron chi connectivity index (χ4n) is 2.26. The molecule has 1 amide bonds. The Labute approximate surface area is 110 Å². The number of nitrogens with two attached hydrogens (primary N) is 1. The zero-order chi connectivity index (χ0) is 14.3. The number of alkyl halides is 3. The third-order valence-electron chi connectivity index (χ3n) is 3.37. The molecule has 0 saturated heterocycles. The van der Waals surface area contributed by atoms with Gasteiger partial charge in [-0.1, -0.05) is 0 Å². The Kier molecular flexibility index (Phi) is 6.57. The van der Waals surface area contributed by atoms with Crippen molar-refractivity contribution in [2.45, 2.75) is 31.9 Å². The predicted octanol–water partition coefficient (Wildman–Crippen LogP) is 1.45. The lowest BCUT2D eigenvalue weighted by Gasteiger charge is -2.29. The first-order valence-corrected chi connectivity index (χ1v) is 6.57. The molecule has 112 valence electrons. The van der Waals surface area contributed by atoms with Crippen LogP contribution in [0.25, 0.3) is 0 Å². The van der Waals surface area contributed by atoms with Gasteiger partial charge in [-0.2, -0.15) is 13.2 Å². The maximum Gasteiger partial charge on any atom is 0.391 e. The number of amides is 1. The Morgan fingerprint density at radius 3 is 2.37 bits per heavy atom. The number of ether oxygens (including phenoxy) is 1. The Bertz CT molecular complexity index is 277. The first-order valence-electron chi connectivity index (χ1n) is 6.57. The smallest absolute Gasteiger partial charge is 0.378 e. The quantitative estimate of drug-likeness (QED) is 0.725. The zero-order valence-corrected chi connectivity index (χ0v) is 10.8. The normalized spacial score (nSPS) is 24.2. The summed E-state index contributed by atoms with van der Waals surface area (Å²) < 4.78 is 42.5. The van der Waals surface area contributed by atoms with Crippen molar-refractivity contribution in [3.8, 4) is 0 Å². The predicted molar refractivity (Wildman–Crippen MR) is 64.4 cm³/mol. The molecular weight excluding hydrogens is 261 g/mol. The second kappa shape index (κ2) is 7.69. The lowest BCUT2D eigenvalue weighted by molar-refractivity contribution is -0.184. The van der Waals surface area contributed by atoms with Crippen molar-refractivity contribution in [2.24, 2.45) is 17.6 Å². The summed E-state index contributed by atoms with van der Waals surface area (Å²) in [6, 6.07) is 0. The van der Waals surface area contributed by atoms with Gasteiger partial charge in [0.05, 0.1) is 19.1 Å². The number of carbonyl (C=O) groups excluding carboxylic acids is 1. The summed E-state index contributed by atoms with van der Waals surface area (Å²) in [4.78, 5) is 11.7. The molecule has 1 fully saturated rings. The Hall–Kier alpha value is -0.820. The second-order valence-corrected chi connectivity index (χ2v) is 4.78. The van der Waals surface area contributed by atoms with E-state index in [4.69, 9.17) is 10.5 Å². The molecule has 0 aromatic rings. The van der Waals surface area contributed by atoms with E-state index in [1.165, 1.54) is 0 Å². The molecule has 0 radical (unpaired) electrons. The van der Waals surface area contributed by atoms with Gasteiger partial charge in [0.2, 0.25) is 5.91 Å². The van der Waals surface area contributed by atoms with E-state index >= 15 is 0 Å². The van der Waals surface area contributed by atoms with Crippen molar-refractivity contribution < 1.29 is 22.7 Å². The first-order chi connectivity index (χ1) is 8.95. The molecule has 0 unspecified atom stereocenters. The van der Waals surface area contributed by atoms with Gasteiger partial charge in [-0.15, -0.1) is 0 Å². The lowest BCUT2D eigenvalue weighted by Crippen LogP contribution is -2.37. The van der Waals surface area contributed by atoms with E-state index in [1.807, 2.05) is 0 Å². The summed E-state index contributed by atoms with van der Waals surface area (Å²) in [5.41, 5.74) is 5.23. The molecule has 1 aliphatic carbocycles. The second-order valence-electron chi connectivity index (χ2n) is 4.78. The molecule has 4 nitrogen and oxygen atoms in total. The highest BCUT2D eigenvalue weighted by atomic mass is 19.4. The lowest BCUT2D eigenvalue weighted by atomic mass is 9.81. The average molecular weight is 282 g/mol. The summed E-state index contributed by atoms with van der Waals surface area (Å²) in [5, 5.41) is 2.68. The Morgan fingerprint density at radius 1 is 1.21 bits per heavy atom. The van der Waals surface area contributed by atoms with Gasteiger partial charge in [0.15, 0.2) is 0 Å². The first kappa shape index (κ1) is 16.2. The highest BCUT2D eigenvalue weighted by molar-refractivity contribution is 5.78. The topological polar surface area (TPSA) is 64.3 Å². The summed E-state index contributed by atoms with van der Waals surface area (Å²) in [5.74, 6) is -1.71. The standard InChI is InChI=1S/C12H21F3N2O2/c13-12(14,15)10-3-1-9(2-4-10)11(18)17-6-8-19-7-5-16/h9-10H,1-8,16H2,(H,17,18). The van der Waals surface area contributed by atoms with Gasteiger partial charge >= 0.3 is 6.18 Å². The molecule has 0 aromatic heterocycles. The van der Waals surface area contributed by atoms with Crippen LogP contribution in [0.2, 0.25) is 0 Å². The van der Waals surface area contributed by atoms with Crippen LogP contribution < -0.4 is 11.1 Å². The molecule has 1 saturated carbocycles. The van der Waals surface area contributed by atoms with E-state index in [0.29, 0.717) is 39.1 Å². The van der Waals surface area contributed by atoms with Crippen molar-refractivity contribution in [3.63, 3.8) is 0 Å². The molecule has 0 heterocycles. The van der Waals surface area contributed by atoms with Crippen molar-refractivity contribution in [2.75, 3.05) is 26.3 Å². The molecule has 0 aliphatic heterocycles. The van der Waals surface area contributed by atoms with Gasteiger partial charge in [0.1, 0.15) is 0 Å². The fraction of sp³-hybridized carbons (Fsp3) is 0.917. The van der Waals surface area contributed by atoms with E-state index in [2.05, 4.69) is 5.32 Å². The van der Waals surface area contributed by atoms with Crippen molar-refractivity contribution in [3.05, 3.63) is 0 Å². The molecule has 0 spiro atoms. The fourth-order valence-corrected chi connectivity index (χ4v) is 2.26. The van der Waals surface area contributed by atoms with E-state index in [1.54, 1.807) is 0 Å². The Morgan fingerprint density at radius 2 is 1.84 bits per heavy atom. The van der Waals surface area contributed by atoms with Crippen LogP contribution in [0.5, 0.6) is 0 Å². The minimum Gasteiger partial charge on any atom is -0.378 e. The maximum atomic E-state index is 12.5. The van der Waals surface area contributed by atoms with Crippen molar-refractivity contribution in [1.82, 2.24) is 5.32 Å². The monoisotopic (exact) mass is 282 g/mol. The van der Waals surface area contributed by atoms with E-state index in [0.717, 1.165) is 0 Å². The third-order valence-corrected chi connectivity index (χ3v) is 3.37. The highest BCUT2D eigenvalue weighted by Gasteiger charge is 2.42. The SMILES string of the molecule is NCCOCCNC(=O)C1CCC(C(F)(F)F)CC1. The average Bonchev–Trinajstić information content (AvgIpc) is 2.37. The van der Waals surface area contributed by atoms with Crippen LogP contribution in [0, 0.1) is 11.8 Å². The van der Waals surface area contributed by atoms with Crippen molar-refractivity contribution >= 4 is 5.91 Å². The minimum atomic E-state index is -4.13. The van der Waals surface area contributed by atoms with Gasteiger partial charge in [-0.05, 0) is 25.7 Å².